The van der Waals surface area contributed by atoms with Gasteiger partial charge >= 0.3 is 6.03 Å². The molecule has 0 aromatic carbocycles. The van der Waals surface area contributed by atoms with Crippen LogP contribution in [0.25, 0.3) is 0 Å². The summed E-state index contributed by atoms with van der Waals surface area (Å²) in [6, 6.07) is 0.629. The zero-order valence-electron chi connectivity index (χ0n) is 11.8. The second kappa shape index (κ2) is 6.34. The predicted molar refractivity (Wildman–Crippen MR) is 77.4 cm³/mol. The molecule has 0 atom stereocenters. The molecular weight excluding hydrogens is 260 g/mol. The monoisotopic (exact) mass is 282 g/mol. The maximum atomic E-state index is 11.8. The minimum absolute atomic E-state index is 0.122. The summed E-state index contributed by atoms with van der Waals surface area (Å²) in [6.45, 7) is 4.63. The van der Waals surface area contributed by atoms with E-state index in [-0.39, 0.29) is 6.03 Å². The van der Waals surface area contributed by atoms with Gasteiger partial charge in [-0.2, -0.15) is 0 Å². The molecule has 1 aromatic rings. The maximum Gasteiger partial charge on any atom is 0.319 e. The van der Waals surface area contributed by atoms with E-state index in [2.05, 4.69) is 10.3 Å². The number of nitrogens with one attached hydrogen (secondary N) is 1. The van der Waals surface area contributed by atoms with Gasteiger partial charge in [0.2, 0.25) is 0 Å². The van der Waals surface area contributed by atoms with E-state index in [0.717, 1.165) is 38.2 Å². The molecule has 1 aromatic heterocycles. The van der Waals surface area contributed by atoms with Gasteiger partial charge in [0.25, 0.3) is 0 Å². The average Bonchev–Trinajstić information content (AvgIpc) is 2.81. The Labute approximate surface area is 118 Å². The van der Waals surface area contributed by atoms with E-state index < -0.39 is 0 Å². The molecule has 2 rings (SSSR count). The van der Waals surface area contributed by atoms with Crippen molar-refractivity contribution in [3.8, 4) is 0 Å². The summed E-state index contributed by atoms with van der Waals surface area (Å²) >= 11 is 1.70. The lowest BCUT2D eigenvalue weighted by molar-refractivity contribution is 0.152. The van der Waals surface area contributed by atoms with Crippen LogP contribution in [0, 0.1) is 6.92 Å². The molecule has 0 spiro atoms. The number of carbonyl (C=O) groups is 1. The highest BCUT2D eigenvalue weighted by molar-refractivity contribution is 7.09. The summed E-state index contributed by atoms with van der Waals surface area (Å²) in [5.74, 6) is 0. The molecule has 2 heterocycles. The summed E-state index contributed by atoms with van der Waals surface area (Å²) < 4.78 is 0. The number of hydrogen-bond donors (Lipinski definition) is 1. The van der Waals surface area contributed by atoms with Gasteiger partial charge in [-0.3, -0.25) is 0 Å². The van der Waals surface area contributed by atoms with E-state index in [1.807, 2.05) is 17.3 Å². The standard InChI is InChI=1S/C13H22N4OS/c1-10-12(19-9-15-10)8-14-11-4-6-17(7-5-11)13(18)16(2)3/h9,11,14H,4-8H2,1-3H3. The first-order valence-electron chi connectivity index (χ1n) is 6.66. The Morgan fingerprint density at radius 3 is 2.74 bits per heavy atom. The Hall–Kier alpha value is -1.14. The predicted octanol–water partition coefficient (Wildman–Crippen LogP) is 1.69. The number of aryl methyl sites for hydroxylation is 1. The van der Waals surface area contributed by atoms with Crippen molar-refractivity contribution in [3.05, 3.63) is 16.1 Å². The van der Waals surface area contributed by atoms with Crippen molar-refractivity contribution in [2.24, 2.45) is 0 Å². The largest absolute Gasteiger partial charge is 0.331 e. The molecule has 19 heavy (non-hydrogen) atoms. The highest BCUT2D eigenvalue weighted by Crippen LogP contribution is 2.15. The smallest absolute Gasteiger partial charge is 0.319 e. The number of likely N-dealkylation sites (tertiary alicyclic amines) is 1. The van der Waals surface area contributed by atoms with Crippen LogP contribution in [0.5, 0.6) is 0 Å². The van der Waals surface area contributed by atoms with E-state index in [0.29, 0.717) is 6.04 Å². The lowest BCUT2D eigenvalue weighted by atomic mass is 10.1. The Morgan fingerprint density at radius 2 is 2.21 bits per heavy atom. The number of nitrogens with zero attached hydrogens (tertiary/aromatic N) is 3. The molecule has 0 bridgehead atoms. The van der Waals surface area contributed by atoms with Gasteiger partial charge in [-0.05, 0) is 19.8 Å². The summed E-state index contributed by atoms with van der Waals surface area (Å²) in [6.07, 6.45) is 2.05. The molecule has 0 radical (unpaired) electrons. The number of carbonyl (C=O) groups excluding carboxylic acids is 1. The van der Waals surface area contributed by atoms with Crippen LogP contribution in [0.1, 0.15) is 23.4 Å². The average molecular weight is 282 g/mol. The third kappa shape index (κ3) is 3.67. The third-order valence-corrected chi connectivity index (χ3v) is 4.48. The topological polar surface area (TPSA) is 48.5 Å². The number of urea groups is 1. The van der Waals surface area contributed by atoms with Gasteiger partial charge in [-0.15, -0.1) is 11.3 Å². The molecule has 1 aliphatic rings. The minimum Gasteiger partial charge on any atom is -0.331 e. The Bertz CT molecular complexity index is 424. The highest BCUT2D eigenvalue weighted by atomic mass is 32.1. The van der Waals surface area contributed by atoms with Crippen molar-refractivity contribution in [2.45, 2.75) is 32.4 Å². The van der Waals surface area contributed by atoms with Crippen molar-refractivity contribution in [1.82, 2.24) is 20.1 Å². The van der Waals surface area contributed by atoms with Gasteiger partial charge in [0, 0.05) is 44.6 Å². The SMILES string of the molecule is Cc1ncsc1CNC1CCN(C(=O)N(C)C)CC1. The molecular formula is C13H22N4OS. The van der Waals surface area contributed by atoms with Crippen molar-refractivity contribution in [3.63, 3.8) is 0 Å². The third-order valence-electron chi connectivity index (χ3n) is 3.54. The van der Waals surface area contributed by atoms with Crippen LogP contribution in [-0.4, -0.2) is 54.0 Å². The van der Waals surface area contributed by atoms with Crippen LogP contribution in [0.4, 0.5) is 4.79 Å². The van der Waals surface area contributed by atoms with Crippen LogP contribution < -0.4 is 5.32 Å². The maximum absolute atomic E-state index is 11.8. The molecule has 5 nitrogen and oxygen atoms in total. The van der Waals surface area contributed by atoms with Crippen LogP contribution >= 0.6 is 11.3 Å². The van der Waals surface area contributed by atoms with Crippen LogP contribution in [-0.2, 0) is 6.54 Å². The Balaban J connectivity index is 1.75. The zero-order valence-corrected chi connectivity index (χ0v) is 12.7. The van der Waals surface area contributed by atoms with Crippen LogP contribution in [0.15, 0.2) is 5.51 Å². The molecule has 1 saturated heterocycles. The van der Waals surface area contributed by atoms with Gasteiger partial charge in [-0.25, -0.2) is 9.78 Å². The normalized spacial score (nSPS) is 16.7. The molecule has 1 N–H and O–H groups in total. The second-order valence-corrected chi connectivity index (χ2v) is 6.12. The number of hydrogen-bond acceptors (Lipinski definition) is 4. The molecule has 1 fully saturated rings. The number of thiazole rings is 1. The minimum atomic E-state index is 0.122. The molecule has 0 saturated carbocycles. The quantitative estimate of drug-likeness (QED) is 0.918. The number of amides is 2. The van der Waals surface area contributed by atoms with Crippen molar-refractivity contribution >= 4 is 17.4 Å². The van der Waals surface area contributed by atoms with E-state index in [1.165, 1.54) is 4.88 Å². The Kier molecular flexibility index (Phi) is 4.76. The summed E-state index contributed by atoms with van der Waals surface area (Å²) in [5, 5.41) is 3.57. The van der Waals surface area contributed by atoms with Crippen LogP contribution in [0.3, 0.4) is 0 Å². The fourth-order valence-electron chi connectivity index (χ4n) is 2.29. The molecule has 6 heteroatoms. The van der Waals surface area contributed by atoms with Gasteiger partial charge < -0.3 is 15.1 Å². The van der Waals surface area contributed by atoms with Crippen LogP contribution in [0.2, 0.25) is 0 Å². The Morgan fingerprint density at radius 1 is 1.53 bits per heavy atom. The number of aromatic nitrogens is 1. The van der Waals surface area contributed by atoms with E-state index in [9.17, 15) is 4.79 Å². The lowest BCUT2D eigenvalue weighted by Gasteiger charge is -2.34. The van der Waals surface area contributed by atoms with E-state index >= 15 is 0 Å². The van der Waals surface area contributed by atoms with Crippen molar-refractivity contribution in [1.29, 1.82) is 0 Å². The summed E-state index contributed by atoms with van der Waals surface area (Å²) in [7, 11) is 3.61. The highest BCUT2D eigenvalue weighted by Gasteiger charge is 2.23. The fourth-order valence-corrected chi connectivity index (χ4v) is 3.02. The lowest BCUT2D eigenvalue weighted by Crippen LogP contribution is -2.47. The molecule has 0 unspecified atom stereocenters. The summed E-state index contributed by atoms with van der Waals surface area (Å²) in [4.78, 5) is 21.0. The molecule has 2 amide bonds. The van der Waals surface area contributed by atoms with Gasteiger partial charge in [0.15, 0.2) is 0 Å². The first-order valence-corrected chi connectivity index (χ1v) is 7.54. The second-order valence-electron chi connectivity index (χ2n) is 5.18. The van der Waals surface area contributed by atoms with Gasteiger partial charge in [0.05, 0.1) is 11.2 Å². The van der Waals surface area contributed by atoms with E-state index in [1.54, 1.807) is 30.3 Å². The van der Waals surface area contributed by atoms with Gasteiger partial charge in [0.1, 0.15) is 0 Å². The van der Waals surface area contributed by atoms with Crippen molar-refractivity contribution < 1.29 is 4.79 Å². The molecule has 0 aliphatic carbocycles. The fraction of sp³-hybridized carbons (Fsp3) is 0.692. The summed E-state index contributed by atoms with van der Waals surface area (Å²) in [5.41, 5.74) is 3.02. The van der Waals surface area contributed by atoms with Gasteiger partial charge in [-0.1, -0.05) is 0 Å². The van der Waals surface area contributed by atoms with E-state index in [4.69, 9.17) is 0 Å². The molecule has 106 valence electrons. The first-order chi connectivity index (χ1) is 9.08. The van der Waals surface area contributed by atoms with Crippen molar-refractivity contribution in [2.75, 3.05) is 27.2 Å². The number of piperidine rings is 1. The zero-order chi connectivity index (χ0) is 13.8. The molecule has 1 aliphatic heterocycles. The number of rotatable bonds is 3. The first kappa shape index (κ1) is 14.3.